The molecule has 3 N–H and O–H groups in total. The number of rotatable bonds is 6. The van der Waals surface area contributed by atoms with Gasteiger partial charge in [0.25, 0.3) is 0 Å². The average Bonchev–Trinajstić information content (AvgIpc) is 2.49. The van der Waals surface area contributed by atoms with Crippen LogP contribution in [0.2, 0.25) is 0 Å². The molecule has 0 aliphatic heterocycles. The number of halogens is 1. The first-order valence-electron chi connectivity index (χ1n) is 6.26. The zero-order valence-corrected chi connectivity index (χ0v) is 14.7. The first-order valence-corrected chi connectivity index (χ1v) is 10.1. The monoisotopic (exact) mass is 388 g/mol. The molecular formula is C15H17ClN2OSSe. The molecule has 0 aliphatic carbocycles. The van der Waals surface area contributed by atoms with Gasteiger partial charge in [-0.2, -0.15) is 0 Å². The van der Waals surface area contributed by atoms with Crippen molar-refractivity contribution in [3.8, 4) is 0 Å². The van der Waals surface area contributed by atoms with E-state index in [-0.39, 0.29) is 32.2 Å². The van der Waals surface area contributed by atoms with Crippen molar-refractivity contribution in [3.05, 3.63) is 60.2 Å². The SMILES string of the molecule is Cl.NCCS[Se]c1ccccc1C(=O)Nc1ccccc1. The Morgan fingerprint density at radius 2 is 1.76 bits per heavy atom. The van der Waals surface area contributed by atoms with Crippen molar-refractivity contribution in [1.29, 1.82) is 0 Å². The van der Waals surface area contributed by atoms with Crippen LogP contribution in [-0.2, 0) is 0 Å². The molecule has 0 fully saturated rings. The summed E-state index contributed by atoms with van der Waals surface area (Å²) in [4.78, 5) is 12.3. The van der Waals surface area contributed by atoms with E-state index < -0.39 is 0 Å². The number of carbonyl (C=O) groups is 1. The summed E-state index contributed by atoms with van der Waals surface area (Å²) in [6.07, 6.45) is 0. The third-order valence-corrected chi connectivity index (χ3v) is 6.88. The van der Waals surface area contributed by atoms with Gasteiger partial charge in [-0.1, -0.05) is 0 Å². The van der Waals surface area contributed by atoms with Gasteiger partial charge in [0.2, 0.25) is 0 Å². The number of para-hydroxylation sites is 1. The Morgan fingerprint density at radius 3 is 2.48 bits per heavy atom. The van der Waals surface area contributed by atoms with E-state index in [2.05, 4.69) is 5.32 Å². The number of carbonyl (C=O) groups excluding carboxylic acids is 1. The fourth-order valence-electron chi connectivity index (χ4n) is 1.60. The molecule has 21 heavy (non-hydrogen) atoms. The van der Waals surface area contributed by atoms with Crippen molar-refractivity contribution < 1.29 is 4.79 Å². The molecule has 0 heterocycles. The van der Waals surface area contributed by atoms with E-state index in [9.17, 15) is 4.79 Å². The molecule has 1 amide bonds. The molecule has 0 unspecified atom stereocenters. The Bertz CT molecular complexity index is 569. The normalized spacial score (nSPS) is 9.76. The number of hydrogen-bond acceptors (Lipinski definition) is 3. The first-order chi connectivity index (χ1) is 9.81. The second-order valence-electron chi connectivity index (χ2n) is 4.01. The third kappa shape index (κ3) is 5.73. The quantitative estimate of drug-likeness (QED) is 0.590. The Hall–Kier alpha value is -0.971. The Kier molecular flexibility index (Phi) is 8.50. The molecule has 0 saturated carbocycles. The van der Waals surface area contributed by atoms with Crippen LogP contribution < -0.4 is 15.5 Å². The topological polar surface area (TPSA) is 55.1 Å². The summed E-state index contributed by atoms with van der Waals surface area (Å²) < 4.78 is 1.10. The first kappa shape index (κ1) is 18.1. The van der Waals surface area contributed by atoms with Crippen LogP contribution in [0.4, 0.5) is 5.69 Å². The molecule has 0 bridgehead atoms. The number of amides is 1. The van der Waals surface area contributed by atoms with Crippen molar-refractivity contribution in [2.24, 2.45) is 5.73 Å². The third-order valence-electron chi connectivity index (χ3n) is 2.51. The number of hydrogen-bond donors (Lipinski definition) is 2. The van der Waals surface area contributed by atoms with Gasteiger partial charge in [0.15, 0.2) is 0 Å². The predicted octanol–water partition coefficient (Wildman–Crippen LogP) is 2.30. The van der Waals surface area contributed by atoms with Crippen LogP contribution in [0, 0.1) is 0 Å². The fraction of sp³-hybridized carbons (Fsp3) is 0.133. The van der Waals surface area contributed by atoms with E-state index in [1.165, 1.54) is 0 Å². The summed E-state index contributed by atoms with van der Waals surface area (Å²) in [5.74, 6) is 0.872. The van der Waals surface area contributed by atoms with Crippen molar-refractivity contribution in [2.45, 2.75) is 0 Å². The number of anilines is 1. The molecule has 112 valence electrons. The summed E-state index contributed by atoms with van der Waals surface area (Å²) in [5, 5.41) is 2.93. The Balaban J connectivity index is 0.00000220. The van der Waals surface area contributed by atoms with Crippen molar-refractivity contribution >= 4 is 52.5 Å². The second-order valence-corrected chi connectivity index (χ2v) is 8.28. The van der Waals surface area contributed by atoms with Gasteiger partial charge < -0.3 is 0 Å². The van der Waals surface area contributed by atoms with Crippen molar-refractivity contribution in [1.82, 2.24) is 0 Å². The van der Waals surface area contributed by atoms with E-state index in [1.807, 2.05) is 54.6 Å². The molecule has 2 aromatic rings. The number of nitrogens with one attached hydrogen (secondary N) is 1. The summed E-state index contributed by atoms with van der Waals surface area (Å²) in [6.45, 7) is 0.671. The van der Waals surface area contributed by atoms with Crippen LogP contribution in [-0.4, -0.2) is 32.0 Å². The molecule has 0 radical (unpaired) electrons. The van der Waals surface area contributed by atoms with Gasteiger partial charge in [-0.05, 0) is 0 Å². The van der Waals surface area contributed by atoms with Gasteiger partial charge in [-0.15, -0.1) is 12.4 Å². The van der Waals surface area contributed by atoms with Crippen LogP contribution in [0.25, 0.3) is 0 Å². The van der Waals surface area contributed by atoms with E-state index in [1.54, 1.807) is 10.2 Å². The van der Waals surface area contributed by atoms with Crippen LogP contribution in [0.3, 0.4) is 0 Å². The summed E-state index contributed by atoms with van der Waals surface area (Å²) in [5.41, 5.74) is 7.07. The average molecular weight is 388 g/mol. The van der Waals surface area contributed by atoms with E-state index in [0.717, 1.165) is 21.5 Å². The molecule has 0 atom stereocenters. The standard InChI is InChI=1S/C15H16N2OSSe.ClH/c16-10-11-19-20-14-9-5-4-8-13(14)15(18)17-12-6-2-1-3-7-12;/h1-9H,10-11,16H2,(H,17,18);1H. The zero-order chi connectivity index (χ0) is 14.2. The summed E-state index contributed by atoms with van der Waals surface area (Å²) in [7, 11) is 1.80. The number of nitrogens with two attached hydrogens (primary N) is 1. The summed E-state index contributed by atoms with van der Waals surface area (Å²) in [6, 6.07) is 17.3. The molecule has 6 heteroatoms. The Morgan fingerprint density at radius 1 is 1.10 bits per heavy atom. The predicted molar refractivity (Wildman–Crippen MR) is 95.0 cm³/mol. The van der Waals surface area contributed by atoms with Gasteiger partial charge >= 0.3 is 128 Å². The van der Waals surface area contributed by atoms with Crippen LogP contribution >= 0.6 is 22.6 Å². The number of benzene rings is 2. The van der Waals surface area contributed by atoms with E-state index in [0.29, 0.717) is 6.54 Å². The van der Waals surface area contributed by atoms with Gasteiger partial charge in [-0.3, -0.25) is 0 Å². The molecule has 0 aromatic heterocycles. The summed E-state index contributed by atoms with van der Waals surface area (Å²) >= 11 is 0.212. The minimum atomic E-state index is -0.0537. The minimum absolute atomic E-state index is 0. The van der Waals surface area contributed by atoms with Gasteiger partial charge in [-0.25, -0.2) is 0 Å². The van der Waals surface area contributed by atoms with Crippen molar-refractivity contribution in [3.63, 3.8) is 0 Å². The van der Waals surface area contributed by atoms with Gasteiger partial charge in [0.05, 0.1) is 0 Å². The van der Waals surface area contributed by atoms with Crippen molar-refractivity contribution in [2.75, 3.05) is 17.6 Å². The van der Waals surface area contributed by atoms with Crippen LogP contribution in [0.5, 0.6) is 0 Å². The molecule has 2 aromatic carbocycles. The molecule has 0 saturated heterocycles. The molecule has 0 aliphatic rings. The molecule has 2 rings (SSSR count). The molecule has 0 spiro atoms. The maximum atomic E-state index is 12.3. The fourth-order valence-corrected chi connectivity index (χ4v) is 5.40. The van der Waals surface area contributed by atoms with Crippen LogP contribution in [0.1, 0.15) is 10.4 Å². The molecular weight excluding hydrogens is 371 g/mol. The molecule has 3 nitrogen and oxygen atoms in total. The van der Waals surface area contributed by atoms with E-state index >= 15 is 0 Å². The van der Waals surface area contributed by atoms with Gasteiger partial charge in [0, 0.05) is 0 Å². The van der Waals surface area contributed by atoms with Crippen LogP contribution in [0.15, 0.2) is 54.6 Å². The maximum absolute atomic E-state index is 12.3. The van der Waals surface area contributed by atoms with E-state index in [4.69, 9.17) is 5.73 Å². The zero-order valence-electron chi connectivity index (χ0n) is 11.3. The van der Waals surface area contributed by atoms with Gasteiger partial charge in [0.1, 0.15) is 0 Å². The second kappa shape index (κ2) is 9.87. The Labute approximate surface area is 140 Å².